The smallest absolute Gasteiger partial charge is 0.163 e. The molecule has 5 heteroatoms. The van der Waals surface area contributed by atoms with Crippen LogP contribution in [0, 0.1) is 0 Å². The van der Waals surface area contributed by atoms with Crippen LogP contribution in [-0.4, -0.2) is 23.6 Å². The number of hydrogen-bond acceptors (Lipinski definition) is 4. The van der Waals surface area contributed by atoms with Crippen LogP contribution in [0.4, 0.5) is 5.82 Å². The lowest BCUT2D eigenvalue weighted by Crippen LogP contribution is -2.06. The second kappa shape index (κ2) is 7.22. The zero-order valence-electron chi connectivity index (χ0n) is 11.7. The lowest BCUT2D eigenvalue weighted by atomic mass is 10.2. The van der Waals surface area contributed by atoms with Crippen molar-refractivity contribution in [1.29, 1.82) is 0 Å². The summed E-state index contributed by atoms with van der Waals surface area (Å²) in [5, 5.41) is 3.92. The fourth-order valence-electron chi connectivity index (χ4n) is 1.83. The number of aromatic nitrogens is 2. The molecule has 1 heterocycles. The molecule has 0 saturated carbocycles. The highest BCUT2D eigenvalue weighted by molar-refractivity contribution is 6.33. The molecule has 2 aromatic rings. The summed E-state index contributed by atoms with van der Waals surface area (Å²) < 4.78 is 5.16. The molecule has 0 radical (unpaired) electrons. The largest absolute Gasteiger partial charge is 0.378 e. The number of anilines is 1. The minimum atomic E-state index is 0.445. The van der Waals surface area contributed by atoms with Gasteiger partial charge in [0.2, 0.25) is 0 Å². The van der Waals surface area contributed by atoms with Gasteiger partial charge in [0.15, 0.2) is 5.82 Å². The number of methoxy groups -OCH3 is 1. The van der Waals surface area contributed by atoms with Crippen LogP contribution in [0.25, 0.3) is 11.4 Å². The lowest BCUT2D eigenvalue weighted by Gasteiger charge is -2.10. The molecule has 0 aliphatic rings. The molecule has 0 aliphatic carbocycles. The van der Waals surface area contributed by atoms with Gasteiger partial charge in [0.05, 0.1) is 17.3 Å². The number of ether oxygens (including phenoxy) is 1. The molecule has 0 spiro atoms. The number of hydrogen-bond donors (Lipinski definition) is 1. The Bertz CT molecular complexity index is 575. The van der Waals surface area contributed by atoms with E-state index in [4.69, 9.17) is 16.3 Å². The van der Waals surface area contributed by atoms with Gasteiger partial charge in [-0.2, -0.15) is 0 Å². The molecule has 2 rings (SSSR count). The first kappa shape index (κ1) is 14.8. The summed E-state index contributed by atoms with van der Waals surface area (Å²) in [6.45, 7) is 3.42. The molecule has 1 N–H and O–H groups in total. The van der Waals surface area contributed by atoms with Crippen LogP contribution in [0.5, 0.6) is 0 Å². The van der Waals surface area contributed by atoms with Crippen molar-refractivity contribution in [3.63, 3.8) is 0 Å². The van der Waals surface area contributed by atoms with Gasteiger partial charge in [-0.25, -0.2) is 9.97 Å². The lowest BCUT2D eigenvalue weighted by molar-refractivity contribution is 0.181. The van der Waals surface area contributed by atoms with Gasteiger partial charge in [-0.1, -0.05) is 30.7 Å². The number of halogens is 1. The van der Waals surface area contributed by atoms with E-state index in [1.165, 1.54) is 0 Å². The van der Waals surface area contributed by atoms with Gasteiger partial charge in [0, 0.05) is 25.3 Å². The fraction of sp³-hybridized carbons (Fsp3) is 0.333. The molecular formula is C15H18ClN3O. The molecule has 106 valence electrons. The molecule has 0 unspecified atom stereocenters. The maximum atomic E-state index is 6.21. The highest BCUT2D eigenvalue weighted by Gasteiger charge is 2.09. The number of benzene rings is 1. The van der Waals surface area contributed by atoms with Gasteiger partial charge < -0.3 is 10.1 Å². The number of nitrogens with zero attached hydrogens (tertiary/aromatic N) is 2. The normalized spacial score (nSPS) is 10.6. The van der Waals surface area contributed by atoms with Gasteiger partial charge in [-0.3, -0.25) is 0 Å². The van der Waals surface area contributed by atoms with E-state index >= 15 is 0 Å². The van der Waals surface area contributed by atoms with Crippen molar-refractivity contribution in [2.24, 2.45) is 0 Å². The van der Waals surface area contributed by atoms with Gasteiger partial charge in [0.25, 0.3) is 0 Å². The van der Waals surface area contributed by atoms with Gasteiger partial charge in [-0.05, 0) is 18.6 Å². The van der Waals surface area contributed by atoms with Crippen molar-refractivity contribution in [3.8, 4) is 11.4 Å². The Morgan fingerprint density at radius 1 is 1.25 bits per heavy atom. The van der Waals surface area contributed by atoms with Crippen molar-refractivity contribution in [2.75, 3.05) is 19.0 Å². The van der Waals surface area contributed by atoms with Crippen LogP contribution in [0.1, 0.15) is 19.0 Å². The van der Waals surface area contributed by atoms with E-state index in [9.17, 15) is 0 Å². The second-order valence-corrected chi connectivity index (χ2v) is 4.81. The minimum absolute atomic E-state index is 0.445. The fourth-order valence-corrected chi connectivity index (χ4v) is 2.05. The first-order chi connectivity index (χ1) is 9.74. The third kappa shape index (κ3) is 3.68. The van der Waals surface area contributed by atoms with Crippen LogP contribution in [0.2, 0.25) is 5.02 Å². The maximum absolute atomic E-state index is 6.21. The molecule has 20 heavy (non-hydrogen) atoms. The number of rotatable bonds is 6. The van der Waals surface area contributed by atoms with Crippen LogP contribution >= 0.6 is 11.6 Å². The summed E-state index contributed by atoms with van der Waals surface area (Å²) in [6.07, 6.45) is 1.03. The Morgan fingerprint density at radius 3 is 2.75 bits per heavy atom. The molecule has 0 fully saturated rings. The third-order valence-electron chi connectivity index (χ3n) is 2.74. The Hall–Kier alpha value is -1.65. The van der Waals surface area contributed by atoms with Crippen molar-refractivity contribution < 1.29 is 4.74 Å². The third-order valence-corrected chi connectivity index (χ3v) is 3.07. The predicted molar refractivity (Wildman–Crippen MR) is 82.0 cm³/mol. The van der Waals surface area contributed by atoms with E-state index in [-0.39, 0.29) is 0 Å². The molecule has 1 aromatic heterocycles. The van der Waals surface area contributed by atoms with E-state index in [0.29, 0.717) is 17.5 Å². The Labute approximate surface area is 124 Å². The second-order valence-electron chi connectivity index (χ2n) is 4.41. The van der Waals surface area contributed by atoms with Crippen LogP contribution in [0.15, 0.2) is 30.3 Å². The molecule has 4 nitrogen and oxygen atoms in total. The maximum Gasteiger partial charge on any atom is 0.163 e. The first-order valence-electron chi connectivity index (χ1n) is 6.60. The quantitative estimate of drug-likeness (QED) is 0.880. The van der Waals surface area contributed by atoms with E-state index in [0.717, 1.165) is 30.0 Å². The summed E-state index contributed by atoms with van der Waals surface area (Å²) in [4.78, 5) is 9.02. The summed E-state index contributed by atoms with van der Waals surface area (Å²) in [7, 11) is 1.65. The van der Waals surface area contributed by atoms with Crippen molar-refractivity contribution >= 4 is 17.4 Å². The molecular weight excluding hydrogens is 274 g/mol. The molecule has 0 bridgehead atoms. The summed E-state index contributed by atoms with van der Waals surface area (Å²) in [5.74, 6) is 1.41. The van der Waals surface area contributed by atoms with Crippen molar-refractivity contribution in [1.82, 2.24) is 9.97 Å². The summed E-state index contributed by atoms with van der Waals surface area (Å²) in [6, 6.07) is 9.47. The first-order valence-corrected chi connectivity index (χ1v) is 6.98. The Morgan fingerprint density at radius 2 is 2.05 bits per heavy atom. The van der Waals surface area contributed by atoms with E-state index in [1.54, 1.807) is 7.11 Å². The number of nitrogens with one attached hydrogen (secondary N) is 1. The monoisotopic (exact) mass is 291 g/mol. The van der Waals surface area contributed by atoms with Gasteiger partial charge >= 0.3 is 0 Å². The van der Waals surface area contributed by atoms with Crippen molar-refractivity contribution in [2.45, 2.75) is 20.0 Å². The zero-order valence-corrected chi connectivity index (χ0v) is 12.4. The van der Waals surface area contributed by atoms with Crippen LogP contribution in [0.3, 0.4) is 0 Å². The molecule has 1 aromatic carbocycles. The molecule has 0 saturated heterocycles. The Kier molecular flexibility index (Phi) is 5.32. The van der Waals surface area contributed by atoms with E-state index in [1.807, 2.05) is 30.3 Å². The SMILES string of the molecule is CCCNc1cc(COC)nc(-c2ccccc2Cl)n1. The summed E-state index contributed by atoms with van der Waals surface area (Å²) in [5.41, 5.74) is 1.66. The highest BCUT2D eigenvalue weighted by Crippen LogP contribution is 2.26. The Balaban J connectivity index is 2.40. The van der Waals surface area contributed by atoms with Gasteiger partial charge in [0.1, 0.15) is 5.82 Å². The van der Waals surface area contributed by atoms with E-state index in [2.05, 4.69) is 22.2 Å². The molecule has 0 aliphatic heterocycles. The van der Waals surface area contributed by atoms with E-state index < -0.39 is 0 Å². The molecule has 0 amide bonds. The molecule has 0 atom stereocenters. The summed E-state index contributed by atoms with van der Waals surface area (Å²) >= 11 is 6.21. The average Bonchev–Trinajstić information content (AvgIpc) is 2.46. The van der Waals surface area contributed by atoms with Crippen LogP contribution < -0.4 is 5.32 Å². The standard InChI is InChI=1S/C15H18ClN3O/c1-3-8-17-14-9-11(10-20-2)18-15(19-14)12-6-4-5-7-13(12)16/h4-7,9H,3,8,10H2,1-2H3,(H,17,18,19). The minimum Gasteiger partial charge on any atom is -0.378 e. The van der Waals surface area contributed by atoms with Crippen molar-refractivity contribution in [3.05, 3.63) is 41.0 Å². The van der Waals surface area contributed by atoms with Crippen LogP contribution in [-0.2, 0) is 11.3 Å². The highest BCUT2D eigenvalue weighted by atomic mass is 35.5. The predicted octanol–water partition coefficient (Wildman–Crippen LogP) is 3.77. The zero-order chi connectivity index (χ0) is 14.4. The van der Waals surface area contributed by atoms with Gasteiger partial charge in [-0.15, -0.1) is 0 Å². The average molecular weight is 292 g/mol. The topological polar surface area (TPSA) is 47.0 Å².